The van der Waals surface area contributed by atoms with Crippen molar-refractivity contribution in [3.8, 4) is 0 Å². The zero-order chi connectivity index (χ0) is 13.1. The van der Waals surface area contributed by atoms with Crippen LogP contribution in [0, 0.1) is 18.7 Å². The lowest BCUT2D eigenvalue weighted by atomic mass is 10.0. The molecule has 0 aliphatic heterocycles. The van der Waals surface area contributed by atoms with Crippen LogP contribution in [0.3, 0.4) is 0 Å². The molecular formula is C14H19FN2O. The van der Waals surface area contributed by atoms with Gasteiger partial charge >= 0.3 is 0 Å². The molecule has 98 valence electrons. The quantitative estimate of drug-likeness (QED) is 0.862. The minimum atomic E-state index is -0.439. The molecule has 0 bridgehead atoms. The molecule has 3 N–H and O–H groups in total. The number of rotatable bonds is 3. The second-order valence-electron chi connectivity index (χ2n) is 5.00. The Morgan fingerprint density at radius 1 is 1.50 bits per heavy atom. The molecule has 4 heteroatoms. The lowest BCUT2D eigenvalue weighted by Gasteiger charge is -2.16. The predicted octanol–water partition coefficient (Wildman–Crippen LogP) is 1.99. The number of amides is 1. The van der Waals surface area contributed by atoms with Gasteiger partial charge in [0.2, 0.25) is 0 Å². The smallest absolute Gasteiger partial charge is 0.254 e. The Morgan fingerprint density at radius 3 is 2.94 bits per heavy atom. The van der Waals surface area contributed by atoms with Crippen molar-refractivity contribution in [1.29, 1.82) is 0 Å². The van der Waals surface area contributed by atoms with E-state index >= 15 is 0 Å². The molecule has 1 aliphatic rings. The molecule has 1 aromatic carbocycles. The van der Waals surface area contributed by atoms with Crippen molar-refractivity contribution in [3.63, 3.8) is 0 Å². The average Bonchev–Trinajstić information content (AvgIpc) is 2.75. The van der Waals surface area contributed by atoms with E-state index in [0.717, 1.165) is 19.3 Å². The molecule has 1 aliphatic carbocycles. The zero-order valence-corrected chi connectivity index (χ0v) is 10.6. The Hall–Kier alpha value is -1.42. The molecular weight excluding hydrogens is 231 g/mol. The first-order valence-electron chi connectivity index (χ1n) is 6.38. The van der Waals surface area contributed by atoms with E-state index in [2.05, 4.69) is 5.32 Å². The lowest BCUT2D eigenvalue weighted by Crippen LogP contribution is -2.36. The lowest BCUT2D eigenvalue weighted by molar-refractivity contribution is 0.0942. The van der Waals surface area contributed by atoms with Crippen LogP contribution in [0.25, 0.3) is 0 Å². The summed E-state index contributed by atoms with van der Waals surface area (Å²) in [6, 6.07) is 5.01. The maximum absolute atomic E-state index is 13.7. The predicted molar refractivity (Wildman–Crippen MR) is 68.8 cm³/mol. The van der Waals surface area contributed by atoms with E-state index in [4.69, 9.17) is 5.73 Å². The van der Waals surface area contributed by atoms with Crippen LogP contribution < -0.4 is 11.1 Å². The van der Waals surface area contributed by atoms with Crippen LogP contribution in [0.2, 0.25) is 0 Å². The second kappa shape index (κ2) is 5.48. The summed E-state index contributed by atoms with van der Waals surface area (Å²) in [5.74, 6) is -0.470. The molecule has 1 amide bonds. The molecule has 0 saturated heterocycles. The number of carbonyl (C=O) groups excluding carboxylic acids is 1. The number of nitrogens with one attached hydrogen (secondary N) is 1. The first kappa shape index (κ1) is 13.0. The maximum Gasteiger partial charge on any atom is 0.254 e. The van der Waals surface area contributed by atoms with Gasteiger partial charge in [-0.25, -0.2) is 4.39 Å². The summed E-state index contributed by atoms with van der Waals surface area (Å²) in [5.41, 5.74) is 6.53. The standard InChI is InChI=1S/C14H19FN2O/c1-9-4-2-6-11(13(9)15)14(18)17-8-10-5-3-7-12(10)16/h2,4,6,10,12H,3,5,7-8,16H2,1H3,(H,17,18). The van der Waals surface area contributed by atoms with Crippen LogP contribution in [-0.2, 0) is 0 Å². The number of hydrogen-bond donors (Lipinski definition) is 2. The van der Waals surface area contributed by atoms with Crippen molar-refractivity contribution in [2.75, 3.05) is 6.54 Å². The van der Waals surface area contributed by atoms with Gasteiger partial charge in [-0.3, -0.25) is 4.79 Å². The summed E-state index contributed by atoms with van der Waals surface area (Å²) < 4.78 is 13.7. The van der Waals surface area contributed by atoms with Crippen LogP contribution in [0.4, 0.5) is 4.39 Å². The monoisotopic (exact) mass is 250 g/mol. The number of benzene rings is 1. The number of aryl methyl sites for hydroxylation is 1. The second-order valence-corrected chi connectivity index (χ2v) is 5.00. The van der Waals surface area contributed by atoms with Gasteiger partial charge in [0.25, 0.3) is 5.91 Å². The summed E-state index contributed by atoms with van der Waals surface area (Å²) >= 11 is 0. The summed E-state index contributed by atoms with van der Waals surface area (Å²) in [4.78, 5) is 11.9. The van der Waals surface area contributed by atoms with Gasteiger partial charge in [0.1, 0.15) is 5.82 Å². The SMILES string of the molecule is Cc1cccc(C(=O)NCC2CCCC2N)c1F. The highest BCUT2D eigenvalue weighted by Gasteiger charge is 2.24. The highest BCUT2D eigenvalue weighted by atomic mass is 19.1. The Bertz CT molecular complexity index is 447. The topological polar surface area (TPSA) is 55.1 Å². The third-order valence-electron chi connectivity index (χ3n) is 3.68. The van der Waals surface area contributed by atoms with Gasteiger partial charge < -0.3 is 11.1 Å². The highest BCUT2D eigenvalue weighted by Crippen LogP contribution is 2.23. The maximum atomic E-state index is 13.7. The first-order valence-corrected chi connectivity index (χ1v) is 6.38. The Balaban J connectivity index is 1.97. The van der Waals surface area contributed by atoms with E-state index in [-0.39, 0.29) is 17.5 Å². The molecule has 0 spiro atoms. The van der Waals surface area contributed by atoms with E-state index in [0.29, 0.717) is 18.0 Å². The van der Waals surface area contributed by atoms with Crippen molar-refractivity contribution in [2.24, 2.45) is 11.7 Å². The van der Waals surface area contributed by atoms with Crippen LogP contribution >= 0.6 is 0 Å². The highest BCUT2D eigenvalue weighted by molar-refractivity contribution is 5.94. The number of nitrogens with two attached hydrogens (primary N) is 1. The molecule has 0 aromatic heterocycles. The van der Waals surface area contributed by atoms with Gasteiger partial charge in [-0.15, -0.1) is 0 Å². The number of carbonyl (C=O) groups is 1. The van der Waals surface area contributed by atoms with Crippen molar-refractivity contribution in [1.82, 2.24) is 5.32 Å². The molecule has 1 saturated carbocycles. The van der Waals surface area contributed by atoms with Crippen LogP contribution in [0.1, 0.15) is 35.2 Å². The van der Waals surface area contributed by atoms with Crippen molar-refractivity contribution < 1.29 is 9.18 Å². The first-order chi connectivity index (χ1) is 8.59. The normalized spacial score (nSPS) is 23.1. The van der Waals surface area contributed by atoms with Crippen LogP contribution in [0.5, 0.6) is 0 Å². The van der Waals surface area contributed by atoms with Crippen molar-refractivity contribution in [2.45, 2.75) is 32.2 Å². The molecule has 0 heterocycles. The van der Waals surface area contributed by atoms with Crippen LogP contribution in [-0.4, -0.2) is 18.5 Å². The third-order valence-corrected chi connectivity index (χ3v) is 3.68. The van der Waals surface area contributed by atoms with Gasteiger partial charge in [-0.1, -0.05) is 18.6 Å². The molecule has 3 nitrogen and oxygen atoms in total. The Morgan fingerprint density at radius 2 is 2.28 bits per heavy atom. The van der Waals surface area contributed by atoms with E-state index < -0.39 is 5.82 Å². The molecule has 1 aromatic rings. The zero-order valence-electron chi connectivity index (χ0n) is 10.6. The fraction of sp³-hybridized carbons (Fsp3) is 0.500. The molecule has 2 rings (SSSR count). The Kier molecular flexibility index (Phi) is 3.97. The minimum absolute atomic E-state index is 0.113. The van der Waals surface area contributed by atoms with Gasteiger partial charge in [-0.2, -0.15) is 0 Å². The largest absolute Gasteiger partial charge is 0.352 e. The molecule has 2 atom stereocenters. The summed E-state index contributed by atoms with van der Waals surface area (Å²) in [7, 11) is 0. The molecule has 1 fully saturated rings. The average molecular weight is 250 g/mol. The van der Waals surface area contributed by atoms with Crippen LogP contribution in [0.15, 0.2) is 18.2 Å². The van der Waals surface area contributed by atoms with Gasteiger partial charge in [0.15, 0.2) is 0 Å². The van der Waals surface area contributed by atoms with E-state index in [1.54, 1.807) is 19.1 Å². The van der Waals surface area contributed by atoms with Gasteiger partial charge in [0, 0.05) is 12.6 Å². The van der Waals surface area contributed by atoms with E-state index in [1.165, 1.54) is 6.07 Å². The minimum Gasteiger partial charge on any atom is -0.352 e. The summed E-state index contributed by atoms with van der Waals surface area (Å²) in [6.45, 7) is 2.19. The van der Waals surface area contributed by atoms with Crippen molar-refractivity contribution >= 4 is 5.91 Å². The van der Waals surface area contributed by atoms with Crippen molar-refractivity contribution in [3.05, 3.63) is 35.1 Å². The fourth-order valence-corrected chi connectivity index (χ4v) is 2.46. The van der Waals surface area contributed by atoms with E-state index in [1.807, 2.05) is 0 Å². The number of halogens is 1. The van der Waals surface area contributed by atoms with Gasteiger partial charge in [-0.05, 0) is 37.3 Å². The van der Waals surface area contributed by atoms with Gasteiger partial charge in [0.05, 0.1) is 5.56 Å². The van der Waals surface area contributed by atoms with E-state index in [9.17, 15) is 9.18 Å². The molecule has 0 radical (unpaired) electrons. The Labute approximate surface area is 107 Å². The molecule has 2 unspecified atom stereocenters. The number of hydrogen-bond acceptors (Lipinski definition) is 2. The molecule has 18 heavy (non-hydrogen) atoms. The summed E-state index contributed by atoms with van der Waals surface area (Å²) in [6.07, 6.45) is 3.16. The third kappa shape index (κ3) is 2.70. The summed E-state index contributed by atoms with van der Waals surface area (Å²) in [5, 5.41) is 2.78. The fourth-order valence-electron chi connectivity index (χ4n) is 2.46.